The van der Waals surface area contributed by atoms with E-state index in [-0.39, 0.29) is 48.7 Å². The molecule has 7 heteroatoms. The molecule has 2 spiro atoms. The van der Waals surface area contributed by atoms with E-state index < -0.39 is 34.1 Å². The number of carbonyl (C=O) groups excluding carboxylic acids is 3. The molecule has 0 aromatic carbocycles. The zero-order valence-corrected chi connectivity index (χ0v) is 18.2. The fraction of sp³-hybridized carbons (Fsp3) is 0.870. The molecule has 0 aromatic rings. The van der Waals surface area contributed by atoms with E-state index in [4.69, 9.17) is 14.2 Å². The molecular formula is C23H32O7. The molecule has 5 rings (SSSR count). The summed E-state index contributed by atoms with van der Waals surface area (Å²) in [6.07, 6.45) is 1.93. The highest BCUT2D eigenvalue weighted by Gasteiger charge is 2.81. The molecule has 166 valence electrons. The van der Waals surface area contributed by atoms with Crippen LogP contribution in [0.1, 0.15) is 59.8 Å². The van der Waals surface area contributed by atoms with Crippen molar-refractivity contribution in [2.75, 3.05) is 13.2 Å². The highest BCUT2D eigenvalue weighted by molar-refractivity contribution is 6.07. The highest BCUT2D eigenvalue weighted by Crippen LogP contribution is 2.75. The molecule has 30 heavy (non-hydrogen) atoms. The summed E-state index contributed by atoms with van der Waals surface area (Å²) in [4.78, 5) is 38.5. The molecule has 7 nitrogen and oxygen atoms in total. The number of fused-ring (bicyclic) bond motifs is 1. The van der Waals surface area contributed by atoms with Gasteiger partial charge in [0.25, 0.3) is 0 Å². The summed E-state index contributed by atoms with van der Waals surface area (Å²) < 4.78 is 17.5. The van der Waals surface area contributed by atoms with Crippen LogP contribution in [0.3, 0.4) is 0 Å². The van der Waals surface area contributed by atoms with Gasteiger partial charge in [-0.25, -0.2) is 0 Å². The van der Waals surface area contributed by atoms with Crippen molar-refractivity contribution in [1.82, 2.24) is 0 Å². The number of ether oxygens (including phenoxy) is 3. The highest BCUT2D eigenvalue weighted by atomic mass is 16.6. The third-order valence-corrected chi connectivity index (χ3v) is 10.1. The quantitative estimate of drug-likeness (QED) is 0.540. The lowest BCUT2D eigenvalue weighted by molar-refractivity contribution is -0.275. The zero-order chi connectivity index (χ0) is 21.7. The van der Waals surface area contributed by atoms with Crippen LogP contribution in [-0.4, -0.2) is 48.4 Å². The first-order valence-corrected chi connectivity index (χ1v) is 11.2. The lowest BCUT2D eigenvalue weighted by Crippen LogP contribution is -2.72. The molecule has 9 unspecified atom stereocenters. The van der Waals surface area contributed by atoms with Crippen LogP contribution in [0.15, 0.2) is 0 Å². The number of hydrogen-bond donors (Lipinski definition) is 1. The van der Waals surface area contributed by atoms with Crippen molar-refractivity contribution < 1.29 is 33.7 Å². The fourth-order valence-corrected chi connectivity index (χ4v) is 8.21. The Labute approximate surface area is 176 Å². The van der Waals surface area contributed by atoms with E-state index in [9.17, 15) is 19.5 Å². The number of aliphatic hydroxyl groups excluding tert-OH is 1. The van der Waals surface area contributed by atoms with Crippen molar-refractivity contribution in [2.24, 2.45) is 39.4 Å². The van der Waals surface area contributed by atoms with Gasteiger partial charge in [-0.15, -0.1) is 0 Å². The lowest BCUT2D eigenvalue weighted by Gasteiger charge is -2.66. The summed E-state index contributed by atoms with van der Waals surface area (Å²) >= 11 is 0. The predicted octanol–water partition coefficient (Wildman–Crippen LogP) is 2.24. The number of hydrogen-bond acceptors (Lipinski definition) is 7. The molecule has 3 aliphatic carbocycles. The standard InChI is InChI=1S/C23H32O7/c1-12-14-5-6-15-22(9-14,17(12)25)19(27)30-16-7-8-20(3,10-28-13(2)24)21(4)18(26)29-11-23(15,16)21/h12,14-16,18,26H,5-11H2,1-4H3. The Kier molecular flexibility index (Phi) is 4.13. The molecule has 2 heterocycles. The summed E-state index contributed by atoms with van der Waals surface area (Å²) in [5, 5.41) is 11.2. The molecule has 5 aliphatic rings. The molecular weight excluding hydrogens is 388 g/mol. The van der Waals surface area contributed by atoms with E-state index in [1.165, 1.54) is 6.92 Å². The van der Waals surface area contributed by atoms with Gasteiger partial charge in [0.1, 0.15) is 11.5 Å². The maximum atomic E-state index is 13.5. The van der Waals surface area contributed by atoms with Crippen molar-refractivity contribution >= 4 is 17.7 Å². The van der Waals surface area contributed by atoms with Crippen molar-refractivity contribution in [3.63, 3.8) is 0 Å². The molecule has 5 fully saturated rings. The Bertz CT molecular complexity index is 824. The number of aliphatic hydroxyl groups is 1. The van der Waals surface area contributed by atoms with Crippen LogP contribution < -0.4 is 0 Å². The minimum Gasteiger partial charge on any atom is -0.465 e. The zero-order valence-electron chi connectivity index (χ0n) is 18.2. The Morgan fingerprint density at radius 1 is 1.23 bits per heavy atom. The molecule has 2 saturated heterocycles. The first-order chi connectivity index (χ1) is 14.0. The van der Waals surface area contributed by atoms with E-state index in [0.29, 0.717) is 19.3 Å². The maximum absolute atomic E-state index is 13.5. The molecule has 2 bridgehead atoms. The number of rotatable bonds is 2. The van der Waals surface area contributed by atoms with E-state index in [0.717, 1.165) is 12.8 Å². The van der Waals surface area contributed by atoms with E-state index in [1.54, 1.807) is 0 Å². The molecule has 0 aromatic heterocycles. The van der Waals surface area contributed by atoms with E-state index in [2.05, 4.69) is 0 Å². The van der Waals surface area contributed by atoms with E-state index in [1.807, 2.05) is 20.8 Å². The van der Waals surface area contributed by atoms with Crippen molar-refractivity contribution in [1.29, 1.82) is 0 Å². The van der Waals surface area contributed by atoms with Gasteiger partial charge >= 0.3 is 11.9 Å². The van der Waals surface area contributed by atoms with Crippen LogP contribution in [0.2, 0.25) is 0 Å². The smallest absolute Gasteiger partial charge is 0.320 e. The third kappa shape index (κ3) is 2.02. The van der Waals surface area contributed by atoms with Gasteiger partial charge < -0.3 is 19.3 Å². The van der Waals surface area contributed by atoms with Gasteiger partial charge in [-0.3, -0.25) is 14.4 Å². The minimum absolute atomic E-state index is 0.00354. The lowest BCUT2D eigenvalue weighted by atomic mass is 9.38. The molecule has 3 saturated carbocycles. The fourth-order valence-electron chi connectivity index (χ4n) is 8.21. The Morgan fingerprint density at radius 3 is 2.67 bits per heavy atom. The first kappa shape index (κ1) is 20.4. The summed E-state index contributed by atoms with van der Waals surface area (Å²) in [5.41, 5.74) is -3.21. The van der Waals surface area contributed by atoms with Gasteiger partial charge in [0, 0.05) is 29.1 Å². The molecule has 1 N–H and O–H groups in total. The third-order valence-electron chi connectivity index (χ3n) is 10.1. The van der Waals surface area contributed by atoms with Gasteiger partial charge in [-0.2, -0.15) is 0 Å². The molecule has 0 radical (unpaired) electrons. The van der Waals surface area contributed by atoms with Crippen molar-refractivity contribution in [2.45, 2.75) is 72.2 Å². The topological polar surface area (TPSA) is 99.1 Å². The second kappa shape index (κ2) is 6.06. The van der Waals surface area contributed by atoms with E-state index >= 15 is 0 Å². The van der Waals surface area contributed by atoms with Crippen molar-refractivity contribution in [3.05, 3.63) is 0 Å². The van der Waals surface area contributed by atoms with Gasteiger partial charge in [-0.05, 0) is 43.9 Å². The van der Waals surface area contributed by atoms with Crippen LogP contribution in [0.5, 0.6) is 0 Å². The van der Waals surface area contributed by atoms with Gasteiger partial charge in [0.05, 0.1) is 13.2 Å². The predicted molar refractivity (Wildman–Crippen MR) is 104 cm³/mol. The first-order valence-electron chi connectivity index (χ1n) is 11.2. The summed E-state index contributed by atoms with van der Waals surface area (Å²) in [6, 6.07) is 0. The Balaban J connectivity index is 1.67. The maximum Gasteiger partial charge on any atom is 0.320 e. The molecule has 0 amide bonds. The average molecular weight is 421 g/mol. The van der Waals surface area contributed by atoms with Crippen molar-refractivity contribution in [3.8, 4) is 0 Å². The number of esters is 2. The monoisotopic (exact) mass is 420 g/mol. The van der Waals surface area contributed by atoms with Gasteiger partial charge in [0.2, 0.25) is 0 Å². The second-order valence-corrected chi connectivity index (χ2v) is 10.9. The summed E-state index contributed by atoms with van der Waals surface area (Å²) in [7, 11) is 0. The van der Waals surface area contributed by atoms with Crippen LogP contribution >= 0.6 is 0 Å². The van der Waals surface area contributed by atoms with Crippen LogP contribution in [0.4, 0.5) is 0 Å². The Morgan fingerprint density at radius 2 is 1.97 bits per heavy atom. The molecule has 9 atom stereocenters. The number of Topliss-reactive ketones (excluding diaryl/α,β-unsaturated/α-hetero) is 1. The summed E-state index contributed by atoms with van der Waals surface area (Å²) in [6.45, 7) is 7.74. The normalized spacial score (nSPS) is 54.1. The van der Waals surface area contributed by atoms with Gasteiger partial charge in [0.15, 0.2) is 12.1 Å². The summed E-state index contributed by atoms with van der Waals surface area (Å²) in [5.74, 6) is -0.896. The SMILES string of the molecule is CC(=O)OCC1(C)CCC2OC(=O)C34CC(CCC3C23COC(O)C13C)C(C)C4=O. The van der Waals surface area contributed by atoms with Crippen LogP contribution in [0.25, 0.3) is 0 Å². The van der Waals surface area contributed by atoms with Crippen LogP contribution in [0, 0.1) is 39.4 Å². The largest absolute Gasteiger partial charge is 0.465 e. The number of carbonyl (C=O) groups is 3. The van der Waals surface area contributed by atoms with Crippen LogP contribution in [-0.2, 0) is 28.6 Å². The minimum atomic E-state index is -1.13. The number of ketones is 1. The Hall–Kier alpha value is -1.47. The average Bonchev–Trinajstić information content (AvgIpc) is 3.09. The van der Waals surface area contributed by atoms with Gasteiger partial charge in [-0.1, -0.05) is 20.8 Å². The molecule has 2 aliphatic heterocycles. The second-order valence-electron chi connectivity index (χ2n) is 10.9.